The zero-order valence-corrected chi connectivity index (χ0v) is 15.2. The van der Waals surface area contributed by atoms with Crippen molar-refractivity contribution < 1.29 is 14.4 Å². The summed E-state index contributed by atoms with van der Waals surface area (Å²) in [6.07, 6.45) is 5.52. The minimum atomic E-state index is -0.331. The monoisotopic (exact) mass is 372 g/mol. The molecule has 1 heterocycles. The third kappa shape index (κ3) is 2.10. The van der Waals surface area contributed by atoms with E-state index in [1.54, 1.807) is 0 Å². The van der Waals surface area contributed by atoms with Crippen LogP contribution in [0.4, 0.5) is 0 Å². The highest BCUT2D eigenvalue weighted by molar-refractivity contribution is 6.07. The molecule has 1 saturated heterocycles. The third-order valence-electron chi connectivity index (χ3n) is 7.13. The van der Waals surface area contributed by atoms with Gasteiger partial charge in [-0.2, -0.15) is 5.01 Å². The molecule has 1 N–H and O–H groups in total. The highest BCUT2D eigenvalue weighted by atomic mass is 16.2. The van der Waals surface area contributed by atoms with E-state index < -0.39 is 0 Å². The Morgan fingerprint density at radius 1 is 0.929 bits per heavy atom. The molecule has 7 rings (SSSR count). The maximum absolute atomic E-state index is 13.0. The van der Waals surface area contributed by atoms with Crippen molar-refractivity contribution in [3.05, 3.63) is 60.2 Å². The van der Waals surface area contributed by atoms with E-state index in [0.29, 0.717) is 11.8 Å². The molecule has 3 amide bonds. The molecule has 2 aromatic carbocycles. The number of fused-ring (bicyclic) bond motifs is 1. The van der Waals surface area contributed by atoms with Gasteiger partial charge in [0.1, 0.15) is 0 Å². The second kappa shape index (κ2) is 5.53. The van der Waals surface area contributed by atoms with Gasteiger partial charge in [0, 0.05) is 0 Å². The van der Waals surface area contributed by atoms with Gasteiger partial charge in [-0.05, 0) is 46.4 Å². The molecule has 3 fully saturated rings. The largest absolute Gasteiger partial charge is 0.273 e. The summed E-state index contributed by atoms with van der Waals surface area (Å²) in [5.74, 6) is 0.0684. The lowest BCUT2D eigenvalue weighted by molar-refractivity contribution is -0.149. The average Bonchev–Trinajstić information content (AvgIpc) is 3.49. The van der Waals surface area contributed by atoms with Crippen LogP contribution in [0.2, 0.25) is 0 Å². The second-order valence-corrected chi connectivity index (χ2v) is 8.52. The van der Waals surface area contributed by atoms with Gasteiger partial charge in [0.2, 0.25) is 5.91 Å². The Bertz CT molecular complexity index is 1030. The first-order chi connectivity index (χ1) is 13.6. The number of rotatable bonds is 3. The van der Waals surface area contributed by atoms with Crippen molar-refractivity contribution >= 4 is 28.5 Å². The maximum atomic E-state index is 13.0. The summed E-state index contributed by atoms with van der Waals surface area (Å²) >= 11 is 0. The fraction of sp³-hybridized carbons (Fsp3) is 0.348. The van der Waals surface area contributed by atoms with Gasteiger partial charge >= 0.3 is 0 Å². The molecule has 140 valence electrons. The van der Waals surface area contributed by atoms with Crippen molar-refractivity contribution in [3.63, 3.8) is 0 Å². The Balaban J connectivity index is 1.23. The molecule has 2 bridgehead atoms. The smallest absolute Gasteiger partial charge is 0.252 e. The summed E-state index contributed by atoms with van der Waals surface area (Å²) in [7, 11) is 0. The highest BCUT2D eigenvalue weighted by Gasteiger charge is 2.67. The van der Waals surface area contributed by atoms with Crippen LogP contribution in [0.25, 0.3) is 10.8 Å². The van der Waals surface area contributed by atoms with Crippen molar-refractivity contribution in [3.8, 4) is 0 Å². The van der Waals surface area contributed by atoms with E-state index in [0.717, 1.165) is 27.8 Å². The Labute approximate surface area is 162 Å². The third-order valence-corrected chi connectivity index (χ3v) is 7.13. The Kier molecular flexibility index (Phi) is 3.17. The van der Waals surface area contributed by atoms with Crippen LogP contribution in [0.5, 0.6) is 0 Å². The quantitative estimate of drug-likeness (QED) is 0.665. The number of nitrogens with one attached hydrogen (secondary N) is 1. The number of hydrogen-bond donors (Lipinski definition) is 1. The number of carbonyl (C=O) groups is 3. The molecule has 2 saturated carbocycles. The number of hydrazine groups is 1. The Hall–Kier alpha value is -2.95. The standard InChI is InChI=1S/C23H20N2O3/c26-19(10-13-6-3-5-12-4-1-2-7-14(12)13)24-25-22(27)20-15-8-9-16(18-11-17(15)18)21(20)23(25)28/h1-9,15-18,20-21H,10-11H2,(H,24,26)/t15-,16-,17-,18-,20+,21+/m0/s1. The van der Waals surface area contributed by atoms with E-state index >= 15 is 0 Å². The van der Waals surface area contributed by atoms with E-state index in [1.165, 1.54) is 0 Å². The van der Waals surface area contributed by atoms with Gasteiger partial charge in [0.15, 0.2) is 0 Å². The van der Waals surface area contributed by atoms with Crippen molar-refractivity contribution in [1.82, 2.24) is 10.4 Å². The first kappa shape index (κ1) is 16.0. The number of nitrogens with zero attached hydrogens (tertiary/aromatic N) is 1. The maximum Gasteiger partial charge on any atom is 0.252 e. The fourth-order valence-electron chi connectivity index (χ4n) is 5.85. The van der Waals surface area contributed by atoms with Crippen molar-refractivity contribution in [2.75, 3.05) is 0 Å². The number of carbonyl (C=O) groups excluding carboxylic acids is 3. The lowest BCUT2D eigenvalue weighted by Gasteiger charge is -2.37. The van der Waals surface area contributed by atoms with Gasteiger partial charge in [-0.15, -0.1) is 0 Å². The molecular weight excluding hydrogens is 352 g/mol. The predicted octanol–water partition coefficient (Wildman–Crippen LogP) is 2.47. The van der Waals surface area contributed by atoms with E-state index in [1.807, 2.05) is 42.5 Å². The molecule has 5 aliphatic rings. The molecule has 1 aliphatic heterocycles. The van der Waals surface area contributed by atoms with E-state index in [9.17, 15) is 14.4 Å². The zero-order valence-electron chi connectivity index (χ0n) is 15.2. The van der Waals surface area contributed by atoms with Crippen LogP contribution in [0.15, 0.2) is 54.6 Å². The average molecular weight is 372 g/mol. The summed E-state index contributed by atoms with van der Waals surface area (Å²) in [5, 5.41) is 3.09. The summed E-state index contributed by atoms with van der Waals surface area (Å²) in [4.78, 5) is 38.6. The first-order valence-electron chi connectivity index (χ1n) is 9.96. The summed E-state index contributed by atoms with van der Waals surface area (Å²) in [6.45, 7) is 0. The van der Waals surface area contributed by atoms with E-state index in [-0.39, 0.29) is 47.8 Å². The van der Waals surface area contributed by atoms with Gasteiger partial charge in [0.05, 0.1) is 18.3 Å². The SMILES string of the molecule is O=C(Cc1cccc2ccccc12)NN1C(=O)[C@@H]2[C@H]3C=C[C@@H]([C@@H]4C[C@@H]34)[C@H]2C1=O. The summed E-state index contributed by atoms with van der Waals surface area (Å²) < 4.78 is 0. The van der Waals surface area contributed by atoms with Crippen LogP contribution in [0.3, 0.4) is 0 Å². The van der Waals surface area contributed by atoms with Crippen molar-refractivity contribution in [2.24, 2.45) is 35.5 Å². The Morgan fingerprint density at radius 2 is 1.57 bits per heavy atom. The number of benzene rings is 2. The minimum absolute atomic E-state index is 0.129. The second-order valence-electron chi connectivity index (χ2n) is 8.52. The van der Waals surface area contributed by atoms with Crippen LogP contribution < -0.4 is 5.43 Å². The summed E-state index contributed by atoms with van der Waals surface area (Å²) in [6, 6.07) is 13.7. The minimum Gasteiger partial charge on any atom is -0.273 e. The zero-order chi connectivity index (χ0) is 19.0. The predicted molar refractivity (Wildman–Crippen MR) is 102 cm³/mol. The fourth-order valence-corrected chi connectivity index (χ4v) is 5.85. The van der Waals surface area contributed by atoms with Gasteiger partial charge in [-0.1, -0.05) is 54.6 Å². The van der Waals surface area contributed by atoms with Gasteiger partial charge in [0.25, 0.3) is 11.8 Å². The normalized spacial score (nSPS) is 34.5. The van der Waals surface area contributed by atoms with E-state index in [2.05, 4.69) is 17.6 Å². The molecule has 5 nitrogen and oxygen atoms in total. The summed E-state index contributed by atoms with van der Waals surface area (Å²) in [5.41, 5.74) is 3.50. The van der Waals surface area contributed by atoms with Crippen LogP contribution in [0.1, 0.15) is 12.0 Å². The topological polar surface area (TPSA) is 66.5 Å². The van der Waals surface area contributed by atoms with Crippen molar-refractivity contribution in [2.45, 2.75) is 12.8 Å². The number of imide groups is 1. The molecule has 5 heteroatoms. The van der Waals surface area contributed by atoms with E-state index in [4.69, 9.17) is 0 Å². The highest BCUT2D eigenvalue weighted by Crippen LogP contribution is 2.65. The molecule has 28 heavy (non-hydrogen) atoms. The molecule has 0 radical (unpaired) electrons. The number of hydrogen-bond acceptors (Lipinski definition) is 3. The van der Waals surface area contributed by atoms with Crippen LogP contribution in [-0.4, -0.2) is 22.7 Å². The van der Waals surface area contributed by atoms with Gasteiger partial charge < -0.3 is 0 Å². The van der Waals surface area contributed by atoms with Crippen LogP contribution in [-0.2, 0) is 20.8 Å². The van der Waals surface area contributed by atoms with Crippen LogP contribution in [0, 0.1) is 35.5 Å². The molecule has 4 aliphatic carbocycles. The van der Waals surface area contributed by atoms with Gasteiger partial charge in [-0.25, -0.2) is 0 Å². The molecule has 0 spiro atoms. The molecule has 0 aromatic heterocycles. The number of allylic oxidation sites excluding steroid dienone is 2. The lowest BCUT2D eigenvalue weighted by Crippen LogP contribution is -2.47. The van der Waals surface area contributed by atoms with Gasteiger partial charge in [-0.3, -0.25) is 19.8 Å². The first-order valence-corrected chi connectivity index (χ1v) is 9.96. The molecule has 6 atom stereocenters. The number of amides is 3. The Morgan fingerprint density at radius 3 is 2.29 bits per heavy atom. The van der Waals surface area contributed by atoms with Crippen molar-refractivity contribution in [1.29, 1.82) is 0 Å². The molecular formula is C23H20N2O3. The molecule has 0 unspecified atom stereocenters. The molecule has 2 aromatic rings. The lowest BCUT2D eigenvalue weighted by atomic mass is 9.63. The van der Waals surface area contributed by atoms with Crippen LogP contribution >= 0.6 is 0 Å².